The third kappa shape index (κ3) is 4.84. The number of rotatable bonds is 6. The van der Waals surface area contributed by atoms with Gasteiger partial charge in [0.2, 0.25) is 5.91 Å². The molecule has 3 rings (SSSR count). The van der Waals surface area contributed by atoms with Crippen molar-refractivity contribution in [2.24, 2.45) is 0 Å². The lowest BCUT2D eigenvalue weighted by Gasteiger charge is -2.41. The molecule has 6 nitrogen and oxygen atoms in total. The first-order valence-electron chi connectivity index (χ1n) is 9.61. The topological polar surface area (TPSA) is 66.0 Å². The van der Waals surface area contributed by atoms with Crippen LogP contribution in [0.25, 0.3) is 11.4 Å². The van der Waals surface area contributed by atoms with Gasteiger partial charge in [-0.3, -0.25) is 19.4 Å². The molecule has 146 valence electrons. The van der Waals surface area contributed by atoms with Crippen LogP contribution in [0.3, 0.4) is 0 Å². The Morgan fingerprint density at radius 1 is 1.30 bits per heavy atom. The first-order chi connectivity index (χ1) is 12.9. The summed E-state index contributed by atoms with van der Waals surface area (Å²) < 4.78 is 2.21. The van der Waals surface area contributed by atoms with Crippen LogP contribution in [0.5, 0.6) is 0 Å². The monoisotopic (exact) mass is 387 g/mol. The number of likely N-dealkylation sites (tertiary alicyclic amines) is 1. The van der Waals surface area contributed by atoms with Crippen LogP contribution in [0.1, 0.15) is 38.7 Å². The van der Waals surface area contributed by atoms with Crippen molar-refractivity contribution in [3.63, 3.8) is 0 Å². The summed E-state index contributed by atoms with van der Waals surface area (Å²) in [5, 5.41) is 10.2. The zero-order valence-corrected chi connectivity index (χ0v) is 17.2. The standard InChI is InChI=1S/C20H29N5OS/c1-15-8-7-9-16(12-15)18-22-23-19(27)25(18)13-17(26)21-14-20(2,3)24-10-5-4-6-11-24/h7-9,12H,4-6,10-11,13-14H2,1-3H3,(H,21,26)(H,23,27). The second-order valence-electron chi connectivity index (χ2n) is 7.94. The van der Waals surface area contributed by atoms with E-state index in [1.165, 1.54) is 19.3 Å². The van der Waals surface area contributed by atoms with Crippen LogP contribution in [0, 0.1) is 11.7 Å². The number of nitrogens with one attached hydrogen (secondary N) is 2. The molecule has 1 aromatic heterocycles. The van der Waals surface area contributed by atoms with E-state index in [2.05, 4.69) is 34.3 Å². The normalized spacial score (nSPS) is 15.7. The lowest BCUT2D eigenvalue weighted by atomic mass is 9.98. The lowest BCUT2D eigenvalue weighted by Crippen LogP contribution is -2.53. The van der Waals surface area contributed by atoms with Gasteiger partial charge in [-0.05, 0) is 65.0 Å². The first kappa shape index (κ1) is 19.8. The summed E-state index contributed by atoms with van der Waals surface area (Å²) in [5.41, 5.74) is 2.04. The molecule has 2 aromatic rings. The molecule has 2 N–H and O–H groups in total. The molecule has 1 amide bonds. The third-order valence-electron chi connectivity index (χ3n) is 5.27. The number of hydrogen-bond donors (Lipinski definition) is 2. The van der Waals surface area contributed by atoms with Gasteiger partial charge in [-0.15, -0.1) is 0 Å². The van der Waals surface area contributed by atoms with Crippen molar-refractivity contribution < 1.29 is 4.79 Å². The predicted molar refractivity (Wildman–Crippen MR) is 110 cm³/mol. The summed E-state index contributed by atoms with van der Waals surface area (Å²) in [6.07, 6.45) is 3.78. The van der Waals surface area contributed by atoms with E-state index < -0.39 is 0 Å². The zero-order chi connectivity index (χ0) is 19.4. The minimum atomic E-state index is -0.0495. The van der Waals surface area contributed by atoms with E-state index >= 15 is 0 Å². The number of carbonyl (C=O) groups excluding carboxylic acids is 1. The fourth-order valence-electron chi connectivity index (χ4n) is 3.59. The van der Waals surface area contributed by atoms with E-state index in [1.807, 2.05) is 31.2 Å². The van der Waals surface area contributed by atoms with E-state index in [9.17, 15) is 4.79 Å². The fraction of sp³-hybridized carbons (Fsp3) is 0.550. The Bertz CT molecular complexity index is 848. The number of carbonyl (C=O) groups is 1. The highest BCUT2D eigenvalue weighted by atomic mass is 32.1. The second kappa shape index (κ2) is 8.35. The van der Waals surface area contributed by atoms with Gasteiger partial charge in [0.15, 0.2) is 10.6 Å². The summed E-state index contributed by atoms with van der Waals surface area (Å²) in [5.74, 6) is 0.639. The van der Waals surface area contributed by atoms with Gasteiger partial charge >= 0.3 is 0 Å². The molecule has 1 aromatic carbocycles. The van der Waals surface area contributed by atoms with Gasteiger partial charge in [0.05, 0.1) is 0 Å². The van der Waals surface area contributed by atoms with Gasteiger partial charge in [0, 0.05) is 17.6 Å². The summed E-state index contributed by atoms with van der Waals surface area (Å²) in [6.45, 7) is 9.41. The van der Waals surface area contributed by atoms with E-state index in [-0.39, 0.29) is 18.0 Å². The molecular formula is C20H29N5OS. The molecule has 0 aliphatic carbocycles. The molecular weight excluding hydrogens is 358 g/mol. The van der Waals surface area contributed by atoms with Crippen LogP contribution in [0.4, 0.5) is 0 Å². The number of benzene rings is 1. The Morgan fingerprint density at radius 2 is 2.04 bits per heavy atom. The van der Waals surface area contributed by atoms with Crippen LogP contribution in [-0.4, -0.2) is 50.7 Å². The van der Waals surface area contributed by atoms with Gasteiger partial charge in [-0.25, -0.2) is 0 Å². The first-order valence-corrected chi connectivity index (χ1v) is 10.0. The van der Waals surface area contributed by atoms with Crippen LogP contribution < -0.4 is 5.32 Å². The molecule has 1 saturated heterocycles. The van der Waals surface area contributed by atoms with E-state index in [4.69, 9.17) is 12.2 Å². The van der Waals surface area contributed by atoms with Crippen LogP contribution in [0.15, 0.2) is 24.3 Å². The molecule has 0 radical (unpaired) electrons. The summed E-state index contributed by atoms with van der Waals surface area (Å²) in [7, 11) is 0. The Labute approximate surface area is 166 Å². The van der Waals surface area contributed by atoms with Gasteiger partial charge in [0.25, 0.3) is 0 Å². The molecule has 1 fully saturated rings. The molecule has 0 bridgehead atoms. The molecule has 27 heavy (non-hydrogen) atoms. The smallest absolute Gasteiger partial charge is 0.240 e. The number of aromatic nitrogens is 3. The number of nitrogens with zero attached hydrogens (tertiary/aromatic N) is 3. The zero-order valence-electron chi connectivity index (χ0n) is 16.4. The summed E-state index contributed by atoms with van der Waals surface area (Å²) in [4.78, 5) is 15.1. The number of amides is 1. The van der Waals surface area contributed by atoms with E-state index in [0.29, 0.717) is 17.1 Å². The highest BCUT2D eigenvalue weighted by molar-refractivity contribution is 7.71. The van der Waals surface area contributed by atoms with Crippen LogP contribution >= 0.6 is 12.2 Å². The van der Waals surface area contributed by atoms with E-state index in [0.717, 1.165) is 24.2 Å². The second-order valence-corrected chi connectivity index (χ2v) is 8.33. The molecule has 0 unspecified atom stereocenters. The highest BCUT2D eigenvalue weighted by Crippen LogP contribution is 2.20. The van der Waals surface area contributed by atoms with E-state index in [1.54, 1.807) is 4.57 Å². The number of piperidine rings is 1. The van der Waals surface area contributed by atoms with Crippen molar-refractivity contribution in [3.8, 4) is 11.4 Å². The molecule has 1 aliphatic rings. The average Bonchev–Trinajstić information content (AvgIpc) is 3.01. The quantitative estimate of drug-likeness (QED) is 0.747. The molecule has 0 atom stereocenters. The SMILES string of the molecule is Cc1cccc(-c2n[nH]c(=S)n2CC(=O)NCC(C)(C)N2CCCCC2)c1. The van der Waals surface area contributed by atoms with Crippen molar-refractivity contribution in [2.45, 2.75) is 52.1 Å². The maximum absolute atomic E-state index is 12.6. The molecule has 0 spiro atoms. The van der Waals surface area contributed by atoms with Crippen molar-refractivity contribution in [1.29, 1.82) is 0 Å². The number of aromatic amines is 1. The minimum Gasteiger partial charge on any atom is -0.353 e. The van der Waals surface area contributed by atoms with Crippen LogP contribution in [0.2, 0.25) is 0 Å². The molecule has 1 aliphatic heterocycles. The average molecular weight is 388 g/mol. The maximum atomic E-state index is 12.6. The predicted octanol–water partition coefficient (Wildman–Crippen LogP) is 3.30. The number of H-pyrrole nitrogens is 1. The fourth-order valence-corrected chi connectivity index (χ4v) is 3.79. The van der Waals surface area contributed by atoms with Gasteiger partial charge < -0.3 is 5.32 Å². The van der Waals surface area contributed by atoms with Crippen molar-refractivity contribution in [2.75, 3.05) is 19.6 Å². The van der Waals surface area contributed by atoms with Gasteiger partial charge in [0.1, 0.15) is 6.54 Å². The Hall–Kier alpha value is -1.99. The lowest BCUT2D eigenvalue weighted by molar-refractivity contribution is -0.122. The third-order valence-corrected chi connectivity index (χ3v) is 5.58. The van der Waals surface area contributed by atoms with Crippen molar-refractivity contribution in [1.82, 2.24) is 25.0 Å². The highest BCUT2D eigenvalue weighted by Gasteiger charge is 2.28. The largest absolute Gasteiger partial charge is 0.353 e. The van der Waals surface area contributed by atoms with Crippen molar-refractivity contribution >= 4 is 18.1 Å². The summed E-state index contributed by atoms with van der Waals surface area (Å²) in [6, 6.07) is 8.03. The molecule has 7 heteroatoms. The minimum absolute atomic E-state index is 0.0483. The maximum Gasteiger partial charge on any atom is 0.240 e. The van der Waals surface area contributed by atoms with Crippen LogP contribution in [-0.2, 0) is 11.3 Å². The molecule has 0 saturated carbocycles. The van der Waals surface area contributed by atoms with Gasteiger partial charge in [-0.1, -0.05) is 30.2 Å². The Balaban J connectivity index is 1.66. The van der Waals surface area contributed by atoms with Crippen molar-refractivity contribution in [3.05, 3.63) is 34.6 Å². The summed E-state index contributed by atoms with van der Waals surface area (Å²) >= 11 is 5.34. The molecule has 2 heterocycles. The Kier molecular flexibility index (Phi) is 6.11. The Morgan fingerprint density at radius 3 is 2.74 bits per heavy atom. The van der Waals surface area contributed by atoms with Gasteiger partial charge in [-0.2, -0.15) is 5.10 Å². The number of aryl methyl sites for hydroxylation is 1. The number of hydrogen-bond acceptors (Lipinski definition) is 4.